The fourth-order valence-corrected chi connectivity index (χ4v) is 2.53. The van der Waals surface area contributed by atoms with E-state index in [4.69, 9.17) is 17.3 Å². The van der Waals surface area contributed by atoms with Gasteiger partial charge < -0.3 is 11.1 Å². The molecule has 0 aromatic heterocycles. The molecule has 0 unspecified atom stereocenters. The van der Waals surface area contributed by atoms with E-state index in [1.807, 2.05) is 26.8 Å². The van der Waals surface area contributed by atoms with E-state index in [1.54, 1.807) is 6.08 Å². The number of nitrogens with two attached hydrogens (primary N) is 1. The molecule has 0 radical (unpaired) electrons. The average molecular weight is 323 g/mol. The van der Waals surface area contributed by atoms with Crippen molar-refractivity contribution in [3.8, 4) is 0 Å². The SMILES string of the molecule is C=C(Cl)/C=C(C(=C)N)\C(=C/C)NC(=C)C1(CCC)CC1.CC. The molecule has 124 valence electrons. The Hall–Kier alpha value is -1.41. The van der Waals surface area contributed by atoms with Gasteiger partial charge in [-0.05, 0) is 32.3 Å². The van der Waals surface area contributed by atoms with Crippen molar-refractivity contribution in [2.24, 2.45) is 11.1 Å². The molecule has 0 bridgehead atoms. The van der Waals surface area contributed by atoms with Gasteiger partial charge in [-0.15, -0.1) is 0 Å². The molecular formula is C19H31ClN2. The van der Waals surface area contributed by atoms with Crippen molar-refractivity contribution in [2.75, 3.05) is 0 Å². The average Bonchev–Trinajstić information content (AvgIpc) is 3.25. The van der Waals surface area contributed by atoms with Crippen LogP contribution >= 0.6 is 11.6 Å². The largest absolute Gasteiger partial charge is 0.399 e. The van der Waals surface area contributed by atoms with Gasteiger partial charge in [0.1, 0.15) is 0 Å². The first kappa shape index (κ1) is 20.6. The minimum absolute atomic E-state index is 0.252. The van der Waals surface area contributed by atoms with E-state index >= 15 is 0 Å². The Bertz CT molecular complexity index is 480. The maximum absolute atomic E-state index is 5.86. The van der Waals surface area contributed by atoms with Crippen LogP contribution in [0.25, 0.3) is 0 Å². The van der Waals surface area contributed by atoms with Crippen molar-refractivity contribution in [2.45, 2.75) is 53.4 Å². The summed E-state index contributed by atoms with van der Waals surface area (Å²) in [5.74, 6) is 0. The van der Waals surface area contributed by atoms with Gasteiger partial charge in [0, 0.05) is 33.1 Å². The first-order valence-electron chi connectivity index (χ1n) is 8.00. The molecule has 1 aliphatic carbocycles. The molecule has 1 fully saturated rings. The molecule has 22 heavy (non-hydrogen) atoms. The summed E-state index contributed by atoms with van der Waals surface area (Å²) in [7, 11) is 0. The van der Waals surface area contributed by atoms with E-state index in [0.717, 1.165) is 23.4 Å². The van der Waals surface area contributed by atoms with Crippen molar-refractivity contribution in [3.63, 3.8) is 0 Å². The van der Waals surface area contributed by atoms with E-state index in [1.165, 1.54) is 19.3 Å². The molecule has 0 aliphatic heterocycles. The maximum atomic E-state index is 5.86. The van der Waals surface area contributed by atoms with Crippen molar-refractivity contribution < 1.29 is 0 Å². The van der Waals surface area contributed by atoms with Crippen LogP contribution in [0.2, 0.25) is 0 Å². The summed E-state index contributed by atoms with van der Waals surface area (Å²) in [4.78, 5) is 0. The number of hydrogen-bond donors (Lipinski definition) is 2. The minimum Gasteiger partial charge on any atom is -0.399 e. The maximum Gasteiger partial charge on any atom is 0.0433 e. The van der Waals surface area contributed by atoms with Crippen molar-refractivity contribution >= 4 is 11.6 Å². The molecule has 0 amide bonds. The van der Waals surface area contributed by atoms with Crippen LogP contribution in [-0.2, 0) is 0 Å². The van der Waals surface area contributed by atoms with Gasteiger partial charge in [0.05, 0.1) is 0 Å². The van der Waals surface area contributed by atoms with Gasteiger partial charge in [0.2, 0.25) is 0 Å². The minimum atomic E-state index is 0.252. The standard InChI is InChI=1S/C17H25ClN2.C2H6/c1-6-8-17(9-10-17)14(5)20-16(7-2)15(13(4)19)11-12(3)18;1-2/h7,11,20H,3-6,8-10,19H2,1-2H3;1-2H3/b15-11-,16-7+;. The Morgan fingerprint density at radius 1 is 1.27 bits per heavy atom. The molecule has 1 aliphatic rings. The lowest BCUT2D eigenvalue weighted by Gasteiger charge is -2.22. The monoisotopic (exact) mass is 322 g/mol. The van der Waals surface area contributed by atoms with Gasteiger partial charge in [-0.2, -0.15) is 0 Å². The summed E-state index contributed by atoms with van der Waals surface area (Å²) in [5, 5.41) is 3.82. The third-order valence-electron chi connectivity index (χ3n) is 3.73. The third kappa shape index (κ3) is 5.76. The molecule has 0 spiro atoms. The van der Waals surface area contributed by atoms with E-state index in [9.17, 15) is 0 Å². The molecule has 0 aromatic carbocycles. The lowest BCUT2D eigenvalue weighted by atomic mass is 9.96. The van der Waals surface area contributed by atoms with Crippen LogP contribution in [0.1, 0.15) is 53.4 Å². The Morgan fingerprint density at radius 3 is 2.14 bits per heavy atom. The summed E-state index contributed by atoms with van der Waals surface area (Å²) >= 11 is 5.86. The zero-order valence-electron chi connectivity index (χ0n) is 14.6. The van der Waals surface area contributed by atoms with Crippen LogP contribution in [0, 0.1) is 5.41 Å². The molecular weight excluding hydrogens is 292 g/mol. The summed E-state index contributed by atoms with van der Waals surface area (Å²) < 4.78 is 0. The molecule has 1 rings (SSSR count). The van der Waals surface area contributed by atoms with Gasteiger partial charge >= 0.3 is 0 Å². The fourth-order valence-electron chi connectivity index (χ4n) is 2.42. The highest BCUT2D eigenvalue weighted by Crippen LogP contribution is 2.54. The van der Waals surface area contributed by atoms with Crippen molar-refractivity contribution in [1.82, 2.24) is 5.32 Å². The lowest BCUT2D eigenvalue weighted by Crippen LogP contribution is -2.22. The van der Waals surface area contributed by atoms with Crippen molar-refractivity contribution in [3.05, 3.63) is 59.6 Å². The predicted molar refractivity (Wildman–Crippen MR) is 100 cm³/mol. The summed E-state index contributed by atoms with van der Waals surface area (Å²) in [6, 6.07) is 0. The first-order chi connectivity index (χ1) is 10.4. The summed E-state index contributed by atoms with van der Waals surface area (Å²) in [6.07, 6.45) is 8.41. The number of allylic oxidation sites excluding steroid dienone is 4. The van der Waals surface area contributed by atoms with Gasteiger partial charge in [-0.3, -0.25) is 0 Å². The van der Waals surface area contributed by atoms with E-state index in [-0.39, 0.29) is 5.41 Å². The summed E-state index contributed by atoms with van der Waals surface area (Å²) in [6.45, 7) is 19.8. The normalized spacial score (nSPS) is 16.2. The summed E-state index contributed by atoms with van der Waals surface area (Å²) in [5.41, 5.74) is 9.26. The molecule has 0 atom stereocenters. The van der Waals surface area contributed by atoms with Crippen LogP contribution in [-0.4, -0.2) is 0 Å². The predicted octanol–water partition coefficient (Wildman–Crippen LogP) is 5.75. The number of hydrogen-bond acceptors (Lipinski definition) is 2. The van der Waals surface area contributed by atoms with Crippen molar-refractivity contribution in [1.29, 1.82) is 0 Å². The van der Waals surface area contributed by atoms with Crippen LogP contribution in [0.3, 0.4) is 0 Å². The lowest BCUT2D eigenvalue weighted by molar-refractivity contribution is 0.514. The third-order valence-corrected chi connectivity index (χ3v) is 3.84. The van der Waals surface area contributed by atoms with Crippen LogP contribution in [0.5, 0.6) is 0 Å². The second kappa shape index (κ2) is 9.58. The molecule has 3 heteroatoms. The second-order valence-electron chi connectivity index (χ2n) is 5.37. The van der Waals surface area contributed by atoms with Crippen LogP contribution in [0.4, 0.5) is 0 Å². The Kier molecular flexibility index (Phi) is 8.96. The van der Waals surface area contributed by atoms with Crippen LogP contribution < -0.4 is 11.1 Å². The Labute approximate surface area is 141 Å². The highest BCUT2D eigenvalue weighted by atomic mass is 35.5. The molecule has 2 nitrogen and oxygen atoms in total. The Balaban J connectivity index is 0.00000211. The smallest absolute Gasteiger partial charge is 0.0433 e. The zero-order chi connectivity index (χ0) is 17.3. The molecule has 0 heterocycles. The highest BCUT2D eigenvalue weighted by Gasteiger charge is 2.44. The second-order valence-corrected chi connectivity index (χ2v) is 5.85. The zero-order valence-corrected chi connectivity index (χ0v) is 15.3. The van der Waals surface area contributed by atoms with Gasteiger partial charge in [0.15, 0.2) is 0 Å². The van der Waals surface area contributed by atoms with E-state index < -0.39 is 0 Å². The van der Waals surface area contributed by atoms with Crippen LogP contribution in [0.15, 0.2) is 59.6 Å². The number of halogens is 1. The molecule has 0 aromatic rings. The first-order valence-corrected chi connectivity index (χ1v) is 8.38. The fraction of sp³-hybridized carbons (Fsp3) is 0.474. The topological polar surface area (TPSA) is 38.0 Å². The van der Waals surface area contributed by atoms with E-state index in [2.05, 4.69) is 32.0 Å². The molecule has 0 saturated heterocycles. The van der Waals surface area contributed by atoms with E-state index in [0.29, 0.717) is 10.7 Å². The van der Waals surface area contributed by atoms with Gasteiger partial charge in [-0.25, -0.2) is 0 Å². The van der Waals surface area contributed by atoms with Gasteiger partial charge in [0.25, 0.3) is 0 Å². The molecule has 3 N–H and O–H groups in total. The van der Waals surface area contributed by atoms with Gasteiger partial charge in [-0.1, -0.05) is 64.6 Å². The highest BCUT2D eigenvalue weighted by molar-refractivity contribution is 6.31. The quantitative estimate of drug-likeness (QED) is 0.558. The molecule has 1 saturated carbocycles. The number of rotatable bonds is 8. The number of nitrogens with one attached hydrogen (secondary N) is 1. The Morgan fingerprint density at radius 2 is 1.82 bits per heavy atom.